The van der Waals surface area contributed by atoms with E-state index in [1.165, 1.54) is 0 Å². The molecule has 80 valence electrons. The Morgan fingerprint density at radius 1 is 0.571 bits per heavy atom. The van der Waals surface area contributed by atoms with E-state index in [0.717, 1.165) is 0 Å². The van der Waals surface area contributed by atoms with Gasteiger partial charge in [0, 0.05) is 0 Å². The molecule has 0 aliphatic carbocycles. The molecular formula is C12H28Mg2. The summed E-state index contributed by atoms with van der Waals surface area (Å²) in [5.74, 6) is 1.17. The molecule has 0 atom stereocenters. The molecule has 14 heavy (non-hydrogen) atoms. The van der Waals surface area contributed by atoms with Gasteiger partial charge in [-0.3, -0.25) is 0 Å². The van der Waals surface area contributed by atoms with Gasteiger partial charge < -0.3 is 27.7 Å². The van der Waals surface area contributed by atoms with E-state index in [1.54, 1.807) is 13.8 Å². The summed E-state index contributed by atoms with van der Waals surface area (Å²) in [6.45, 7) is 25.5. The van der Waals surface area contributed by atoms with Gasteiger partial charge in [0.1, 0.15) is 0 Å². The summed E-state index contributed by atoms with van der Waals surface area (Å²) in [5, 5.41) is 0. The molecule has 2 heteroatoms. The molecule has 0 rings (SSSR count). The first-order valence-corrected chi connectivity index (χ1v) is 4.54. The van der Waals surface area contributed by atoms with Crippen molar-refractivity contribution in [3.05, 3.63) is 27.7 Å². The predicted molar refractivity (Wildman–Crippen MR) is 74.0 cm³/mol. The predicted octanol–water partition coefficient (Wildman–Crippen LogP) is 3.87. The molecule has 0 nitrogen and oxygen atoms in total. The normalized spacial score (nSPS) is 6.00. The van der Waals surface area contributed by atoms with E-state index < -0.39 is 0 Å². The van der Waals surface area contributed by atoms with E-state index in [9.17, 15) is 0 Å². The third kappa shape index (κ3) is 905. The average Bonchev–Trinajstić information content (AvgIpc) is 1.93. The Morgan fingerprint density at radius 3 is 0.571 bits per heavy atom. The summed E-state index contributed by atoms with van der Waals surface area (Å²) in [5.41, 5.74) is 0. The molecule has 0 aromatic heterocycles. The maximum absolute atomic E-state index is 3.64. The van der Waals surface area contributed by atoms with Gasteiger partial charge in [-0.05, 0) is 0 Å². The molecule has 0 spiro atoms. The second kappa shape index (κ2) is 46.9. The van der Waals surface area contributed by atoms with Crippen LogP contribution in [0.5, 0.6) is 0 Å². The van der Waals surface area contributed by atoms with Gasteiger partial charge in [0.05, 0.1) is 0 Å². The van der Waals surface area contributed by atoms with Gasteiger partial charge in [0.15, 0.2) is 0 Å². The Kier molecular flexibility index (Phi) is 121. The van der Waals surface area contributed by atoms with E-state index in [1.807, 2.05) is 0 Å². The Bertz CT molecular complexity index is 23.8. The molecule has 0 aromatic rings. The molecule has 0 amide bonds. The molecule has 0 unspecified atom stereocenters. The first-order chi connectivity index (χ1) is 5.46. The minimum absolute atomic E-state index is 0. The molecule has 0 N–H and O–H groups in total. The van der Waals surface area contributed by atoms with Gasteiger partial charge in [0.2, 0.25) is 0 Å². The van der Waals surface area contributed by atoms with E-state index in [4.69, 9.17) is 0 Å². The maximum Gasteiger partial charge on any atom is 2.00 e. The minimum atomic E-state index is 0. The van der Waals surface area contributed by atoms with E-state index >= 15 is 0 Å². The SMILES string of the molecule is [CH2-]C.[CH2-]C.[CH2-]C(C)C.[CH2-]C(C)C.[Mg+2].[Mg+2]. The first kappa shape index (κ1) is 36.1. The number of hydrogen-bond donors (Lipinski definition) is 0. The van der Waals surface area contributed by atoms with Crippen molar-refractivity contribution in [2.45, 2.75) is 41.5 Å². The van der Waals surface area contributed by atoms with Crippen LogP contribution < -0.4 is 0 Å². The fraction of sp³-hybridized carbons (Fsp3) is 0.667. The topological polar surface area (TPSA) is 0 Å². The van der Waals surface area contributed by atoms with Crippen molar-refractivity contribution in [1.82, 2.24) is 0 Å². The Labute approximate surface area is 126 Å². The summed E-state index contributed by atoms with van der Waals surface area (Å²) in [6, 6.07) is 0. The summed E-state index contributed by atoms with van der Waals surface area (Å²) in [7, 11) is 0. The van der Waals surface area contributed by atoms with Gasteiger partial charge >= 0.3 is 46.1 Å². The van der Waals surface area contributed by atoms with E-state index in [-0.39, 0.29) is 46.1 Å². The Balaban J connectivity index is -0.0000000153. The monoisotopic (exact) mass is 220 g/mol. The van der Waals surface area contributed by atoms with Gasteiger partial charge in [0.25, 0.3) is 0 Å². The third-order valence-corrected chi connectivity index (χ3v) is 0. The van der Waals surface area contributed by atoms with Gasteiger partial charge in [-0.2, -0.15) is 25.7 Å². The zero-order valence-corrected chi connectivity index (χ0v) is 14.2. The smallest absolute Gasteiger partial charge is 0.346 e. The van der Waals surface area contributed by atoms with Crippen LogP contribution in [0.1, 0.15) is 41.5 Å². The Morgan fingerprint density at radius 2 is 0.571 bits per heavy atom. The van der Waals surface area contributed by atoms with Crippen molar-refractivity contribution in [3.8, 4) is 0 Å². The number of rotatable bonds is 0. The average molecular weight is 221 g/mol. The zero-order chi connectivity index (χ0) is 11.2. The summed E-state index contributed by atoms with van der Waals surface area (Å²) >= 11 is 0. The van der Waals surface area contributed by atoms with E-state index in [0.29, 0.717) is 11.8 Å². The zero-order valence-electron chi connectivity index (χ0n) is 11.4. The maximum atomic E-state index is 3.64. The quantitative estimate of drug-likeness (QED) is 0.430. The van der Waals surface area contributed by atoms with Crippen molar-refractivity contribution in [2.75, 3.05) is 0 Å². The largest absolute Gasteiger partial charge is 2.00 e. The van der Waals surface area contributed by atoms with Crippen LogP contribution in [0.3, 0.4) is 0 Å². The second-order valence-corrected chi connectivity index (χ2v) is 2.79. The molecule has 0 aliphatic rings. The summed E-state index contributed by atoms with van der Waals surface area (Å²) in [6.07, 6.45) is 0. The minimum Gasteiger partial charge on any atom is -0.346 e. The molecule has 0 aromatic carbocycles. The fourth-order valence-electron chi connectivity index (χ4n) is 0. The molecule has 0 saturated carbocycles. The van der Waals surface area contributed by atoms with Crippen LogP contribution in [0.25, 0.3) is 0 Å². The third-order valence-electron chi connectivity index (χ3n) is 0. The molecule has 0 radical (unpaired) electrons. The summed E-state index contributed by atoms with van der Waals surface area (Å²) < 4.78 is 0. The molecule has 0 bridgehead atoms. The second-order valence-electron chi connectivity index (χ2n) is 2.79. The molecule has 0 heterocycles. The van der Waals surface area contributed by atoms with Gasteiger partial charge in [-0.25, -0.2) is 0 Å². The standard InChI is InChI=1S/2C4H9.2C2H5.2Mg/c2*1-4(2)3;2*1-2;;/h2*4H,1H2,2-3H3;2*1H2,2H3;;/q4*-1;2*+2. The van der Waals surface area contributed by atoms with E-state index in [2.05, 4.69) is 55.4 Å². The number of hydrogen-bond acceptors (Lipinski definition) is 0. The van der Waals surface area contributed by atoms with Crippen LogP contribution in [-0.4, -0.2) is 46.1 Å². The van der Waals surface area contributed by atoms with Gasteiger partial charge in [-0.1, -0.05) is 27.7 Å². The molecular weight excluding hydrogens is 193 g/mol. The van der Waals surface area contributed by atoms with Crippen LogP contribution in [0.15, 0.2) is 0 Å². The fourth-order valence-corrected chi connectivity index (χ4v) is 0. The van der Waals surface area contributed by atoms with Crippen molar-refractivity contribution < 1.29 is 0 Å². The molecule has 0 fully saturated rings. The van der Waals surface area contributed by atoms with Crippen molar-refractivity contribution in [2.24, 2.45) is 11.8 Å². The molecule has 0 saturated heterocycles. The van der Waals surface area contributed by atoms with Crippen LogP contribution in [0.4, 0.5) is 0 Å². The van der Waals surface area contributed by atoms with Crippen LogP contribution in [0.2, 0.25) is 0 Å². The molecule has 0 aliphatic heterocycles. The summed E-state index contributed by atoms with van der Waals surface area (Å²) in [4.78, 5) is 0. The van der Waals surface area contributed by atoms with Crippen molar-refractivity contribution >= 4 is 46.1 Å². The Hall–Kier alpha value is 1.53. The van der Waals surface area contributed by atoms with Crippen molar-refractivity contribution in [3.63, 3.8) is 0 Å². The van der Waals surface area contributed by atoms with Gasteiger partial charge in [-0.15, -0.1) is 0 Å². The van der Waals surface area contributed by atoms with Crippen LogP contribution in [0, 0.1) is 39.5 Å². The van der Waals surface area contributed by atoms with Crippen molar-refractivity contribution in [1.29, 1.82) is 0 Å². The first-order valence-electron chi connectivity index (χ1n) is 4.54. The van der Waals surface area contributed by atoms with Crippen LogP contribution in [-0.2, 0) is 0 Å². The van der Waals surface area contributed by atoms with Crippen LogP contribution >= 0.6 is 0 Å².